The van der Waals surface area contributed by atoms with Crippen molar-refractivity contribution in [2.45, 2.75) is 13.3 Å². The van der Waals surface area contributed by atoms with E-state index in [1.165, 1.54) is 12.1 Å². The quantitative estimate of drug-likeness (QED) is 0.507. The van der Waals surface area contributed by atoms with Gasteiger partial charge in [-0.2, -0.15) is 5.10 Å². The number of anilines is 2. The summed E-state index contributed by atoms with van der Waals surface area (Å²) >= 11 is 0. The van der Waals surface area contributed by atoms with Crippen LogP contribution in [0.2, 0.25) is 0 Å². The lowest BCUT2D eigenvalue weighted by Gasteiger charge is -2.06. The zero-order valence-electron chi connectivity index (χ0n) is 14.2. The van der Waals surface area contributed by atoms with Crippen LogP contribution in [0.1, 0.15) is 17.0 Å². The first-order valence-corrected chi connectivity index (χ1v) is 8.21. The van der Waals surface area contributed by atoms with Gasteiger partial charge in [0.15, 0.2) is 17.2 Å². The van der Waals surface area contributed by atoms with E-state index >= 15 is 0 Å². The summed E-state index contributed by atoms with van der Waals surface area (Å²) in [5.74, 6) is 1.68. The maximum atomic E-state index is 13.4. The van der Waals surface area contributed by atoms with Gasteiger partial charge in [-0.3, -0.25) is 5.10 Å². The summed E-state index contributed by atoms with van der Waals surface area (Å²) in [6.45, 7) is 1.82. The Morgan fingerprint density at radius 1 is 1.27 bits per heavy atom. The number of ether oxygens (including phenoxy) is 1. The molecular formula is C19H15FN4O2. The number of oxazole rings is 1. The van der Waals surface area contributed by atoms with Crippen LogP contribution in [-0.2, 0) is 6.42 Å². The lowest BCUT2D eigenvalue weighted by atomic mass is 10.1. The number of benzene rings is 2. The summed E-state index contributed by atoms with van der Waals surface area (Å²) < 4.78 is 24.6. The van der Waals surface area contributed by atoms with Gasteiger partial charge >= 0.3 is 0 Å². The van der Waals surface area contributed by atoms with Gasteiger partial charge in [-0.15, -0.1) is 0 Å². The predicted octanol–water partition coefficient (Wildman–Crippen LogP) is 4.32. The van der Waals surface area contributed by atoms with Crippen LogP contribution in [0.3, 0.4) is 0 Å². The van der Waals surface area contributed by atoms with Crippen molar-refractivity contribution in [3.63, 3.8) is 0 Å². The van der Waals surface area contributed by atoms with Crippen LogP contribution < -0.4 is 10.1 Å². The summed E-state index contributed by atoms with van der Waals surface area (Å²) in [6, 6.07) is 8.25. The number of aromatic nitrogens is 3. The minimum absolute atomic E-state index is 0.293. The number of halogens is 1. The molecule has 4 aromatic rings. The summed E-state index contributed by atoms with van der Waals surface area (Å²) in [5.41, 5.74) is 6.00. The third kappa shape index (κ3) is 2.10. The van der Waals surface area contributed by atoms with Gasteiger partial charge in [-0.05, 0) is 29.8 Å². The van der Waals surface area contributed by atoms with Gasteiger partial charge in [0.05, 0.1) is 12.8 Å². The van der Waals surface area contributed by atoms with Gasteiger partial charge in [0, 0.05) is 30.2 Å². The molecule has 1 aliphatic carbocycles. The maximum Gasteiger partial charge on any atom is 0.196 e. The number of aryl methyl sites for hydroxylation is 1. The summed E-state index contributed by atoms with van der Waals surface area (Å²) in [5, 5.41) is 10.7. The fraction of sp³-hybridized carbons (Fsp3) is 0.158. The second kappa shape index (κ2) is 5.32. The van der Waals surface area contributed by atoms with Crippen LogP contribution in [0, 0.1) is 12.7 Å². The van der Waals surface area contributed by atoms with Crippen LogP contribution in [0.4, 0.5) is 15.9 Å². The maximum absolute atomic E-state index is 13.4. The molecule has 0 unspecified atom stereocenters. The monoisotopic (exact) mass is 350 g/mol. The standard InChI is InChI=1S/C19H15FN4O2/c1-9-21-17-12-7-14-16(13(12)8-15(25-2)18(17)26-9)23-24-19(14)22-11-5-3-4-10(20)6-11/h3-6,8H,7H2,1-2H3,(H2,22,23,24). The van der Waals surface area contributed by atoms with E-state index in [2.05, 4.69) is 20.5 Å². The number of methoxy groups -OCH3 is 1. The molecule has 7 heteroatoms. The molecule has 0 atom stereocenters. The van der Waals surface area contributed by atoms with Crippen molar-refractivity contribution in [1.82, 2.24) is 15.2 Å². The SMILES string of the molecule is COc1cc2c(c3nc(C)oc13)Cc1c-2n[nH]c1Nc1cccc(F)c1. The van der Waals surface area contributed by atoms with Gasteiger partial charge in [0.1, 0.15) is 17.2 Å². The Morgan fingerprint density at radius 3 is 2.96 bits per heavy atom. The first-order chi connectivity index (χ1) is 12.6. The molecule has 2 aromatic heterocycles. The largest absolute Gasteiger partial charge is 0.493 e. The highest BCUT2D eigenvalue weighted by atomic mass is 19.1. The van der Waals surface area contributed by atoms with E-state index in [4.69, 9.17) is 9.15 Å². The third-order valence-electron chi connectivity index (χ3n) is 4.63. The van der Waals surface area contributed by atoms with Gasteiger partial charge in [-0.1, -0.05) is 6.07 Å². The Hall–Kier alpha value is -3.35. The van der Waals surface area contributed by atoms with Crippen molar-refractivity contribution in [2.24, 2.45) is 0 Å². The number of rotatable bonds is 3. The molecule has 0 amide bonds. The number of nitrogens with one attached hydrogen (secondary N) is 2. The van der Waals surface area contributed by atoms with Crippen molar-refractivity contribution < 1.29 is 13.5 Å². The van der Waals surface area contributed by atoms with E-state index in [9.17, 15) is 4.39 Å². The van der Waals surface area contributed by atoms with E-state index in [0.717, 1.165) is 33.7 Å². The average Bonchev–Trinajstić information content (AvgIpc) is 3.28. The molecule has 130 valence electrons. The Morgan fingerprint density at radius 2 is 2.15 bits per heavy atom. The molecule has 2 N–H and O–H groups in total. The first kappa shape index (κ1) is 14.9. The lowest BCUT2D eigenvalue weighted by Crippen LogP contribution is -1.95. The van der Waals surface area contributed by atoms with Gasteiger partial charge in [0.25, 0.3) is 0 Å². The molecule has 0 saturated heterocycles. The molecule has 0 saturated carbocycles. The summed E-state index contributed by atoms with van der Waals surface area (Å²) in [6.07, 6.45) is 0.658. The molecule has 0 radical (unpaired) electrons. The number of aromatic amines is 1. The molecule has 0 fully saturated rings. The number of H-pyrrole nitrogens is 1. The third-order valence-corrected chi connectivity index (χ3v) is 4.63. The van der Waals surface area contributed by atoms with Crippen LogP contribution in [-0.4, -0.2) is 22.3 Å². The molecule has 6 nitrogen and oxygen atoms in total. The summed E-state index contributed by atoms with van der Waals surface area (Å²) in [4.78, 5) is 4.53. The van der Waals surface area contributed by atoms with E-state index in [1.54, 1.807) is 19.2 Å². The number of nitrogens with zero attached hydrogens (tertiary/aromatic N) is 2. The lowest BCUT2D eigenvalue weighted by molar-refractivity contribution is 0.408. The zero-order valence-corrected chi connectivity index (χ0v) is 14.2. The Labute approximate surface area is 148 Å². The minimum atomic E-state index is -0.293. The second-order valence-electron chi connectivity index (χ2n) is 6.25. The van der Waals surface area contributed by atoms with Crippen molar-refractivity contribution in [3.8, 4) is 17.0 Å². The average molecular weight is 350 g/mol. The zero-order chi connectivity index (χ0) is 17.8. The fourth-order valence-corrected chi connectivity index (χ4v) is 3.50. The van der Waals surface area contributed by atoms with E-state index in [1.807, 2.05) is 13.0 Å². The van der Waals surface area contributed by atoms with Crippen molar-refractivity contribution in [3.05, 3.63) is 53.2 Å². The van der Waals surface area contributed by atoms with E-state index < -0.39 is 0 Å². The highest BCUT2D eigenvalue weighted by molar-refractivity contribution is 5.94. The second-order valence-corrected chi connectivity index (χ2v) is 6.25. The van der Waals surface area contributed by atoms with Crippen LogP contribution in [0.5, 0.6) is 5.75 Å². The molecule has 0 spiro atoms. The topological polar surface area (TPSA) is 76.0 Å². The molecular weight excluding hydrogens is 335 g/mol. The highest BCUT2D eigenvalue weighted by Gasteiger charge is 2.30. The van der Waals surface area contributed by atoms with E-state index in [-0.39, 0.29) is 5.82 Å². The molecule has 26 heavy (non-hydrogen) atoms. The fourth-order valence-electron chi connectivity index (χ4n) is 3.50. The van der Waals surface area contributed by atoms with Gasteiger partial charge in [-0.25, -0.2) is 9.37 Å². The van der Waals surface area contributed by atoms with Crippen molar-refractivity contribution >= 4 is 22.6 Å². The smallest absolute Gasteiger partial charge is 0.196 e. The summed E-state index contributed by atoms with van der Waals surface area (Å²) in [7, 11) is 1.61. The Balaban J connectivity index is 1.62. The van der Waals surface area contributed by atoms with Crippen molar-refractivity contribution in [1.29, 1.82) is 0 Å². The van der Waals surface area contributed by atoms with Gasteiger partial charge < -0.3 is 14.5 Å². The Kier molecular flexibility index (Phi) is 3.06. The number of hydrogen-bond donors (Lipinski definition) is 2. The van der Waals surface area contributed by atoms with Crippen LogP contribution in [0.15, 0.2) is 34.7 Å². The highest BCUT2D eigenvalue weighted by Crippen LogP contribution is 2.45. The Bertz CT molecular complexity index is 1160. The molecule has 5 rings (SSSR count). The molecule has 0 aliphatic heterocycles. The number of fused-ring (bicyclic) bond motifs is 5. The first-order valence-electron chi connectivity index (χ1n) is 8.21. The molecule has 2 aromatic carbocycles. The molecule has 0 bridgehead atoms. The van der Waals surface area contributed by atoms with Crippen molar-refractivity contribution in [2.75, 3.05) is 12.4 Å². The van der Waals surface area contributed by atoms with Gasteiger partial charge in [0.2, 0.25) is 0 Å². The molecule has 2 heterocycles. The predicted molar refractivity (Wildman–Crippen MR) is 95.4 cm³/mol. The minimum Gasteiger partial charge on any atom is -0.493 e. The van der Waals surface area contributed by atoms with Crippen LogP contribution in [0.25, 0.3) is 22.4 Å². The van der Waals surface area contributed by atoms with E-state index in [0.29, 0.717) is 29.3 Å². The molecule has 1 aliphatic rings. The normalized spacial score (nSPS) is 12.3. The number of hydrogen-bond acceptors (Lipinski definition) is 5. The van der Waals surface area contributed by atoms with Crippen LogP contribution >= 0.6 is 0 Å².